The molecule has 4 nitrogen and oxygen atoms in total. The molecule has 17 heavy (non-hydrogen) atoms. The van der Waals surface area contributed by atoms with Gasteiger partial charge in [0.1, 0.15) is 5.76 Å². The Morgan fingerprint density at radius 1 is 1.65 bits per heavy atom. The molecule has 96 valence electrons. The summed E-state index contributed by atoms with van der Waals surface area (Å²) < 4.78 is 10.2. The summed E-state index contributed by atoms with van der Waals surface area (Å²) >= 11 is 3.46. The third kappa shape index (κ3) is 5.37. The standard InChI is InChI=1S/C12H18BrNO3/c1-14(8-10(13)9-16-2)12(15)6-5-11-4-3-7-17-11/h3-4,7,10H,5-6,8-9H2,1-2H3. The fourth-order valence-electron chi connectivity index (χ4n) is 1.51. The first-order valence-electron chi connectivity index (χ1n) is 5.53. The van der Waals surface area contributed by atoms with Crippen LogP contribution >= 0.6 is 15.9 Å². The van der Waals surface area contributed by atoms with Crippen LogP contribution in [0.3, 0.4) is 0 Å². The van der Waals surface area contributed by atoms with Gasteiger partial charge >= 0.3 is 0 Å². The third-order valence-electron chi connectivity index (χ3n) is 2.41. The number of carbonyl (C=O) groups excluding carboxylic acids is 1. The zero-order valence-corrected chi connectivity index (χ0v) is 11.8. The first-order chi connectivity index (χ1) is 8.13. The molecule has 1 rings (SSSR count). The molecule has 5 heteroatoms. The number of hydrogen-bond donors (Lipinski definition) is 0. The summed E-state index contributed by atoms with van der Waals surface area (Å²) in [6.45, 7) is 1.24. The highest BCUT2D eigenvalue weighted by Crippen LogP contribution is 2.07. The van der Waals surface area contributed by atoms with Crippen LogP contribution in [0.5, 0.6) is 0 Å². The molecule has 1 aromatic rings. The van der Waals surface area contributed by atoms with Crippen molar-refractivity contribution >= 4 is 21.8 Å². The van der Waals surface area contributed by atoms with Crippen molar-refractivity contribution in [1.82, 2.24) is 4.90 Å². The maximum atomic E-state index is 11.8. The Labute approximate surface area is 110 Å². The zero-order chi connectivity index (χ0) is 12.7. The maximum absolute atomic E-state index is 11.8. The van der Waals surface area contributed by atoms with Gasteiger partial charge in [-0.1, -0.05) is 15.9 Å². The van der Waals surface area contributed by atoms with Crippen molar-refractivity contribution in [2.24, 2.45) is 0 Å². The molecule has 1 amide bonds. The van der Waals surface area contributed by atoms with Crippen molar-refractivity contribution in [3.63, 3.8) is 0 Å². The van der Waals surface area contributed by atoms with Crippen LogP contribution in [0.2, 0.25) is 0 Å². The molecule has 0 spiro atoms. The summed E-state index contributed by atoms with van der Waals surface area (Å²) in [6, 6.07) is 3.71. The number of carbonyl (C=O) groups is 1. The number of alkyl halides is 1. The lowest BCUT2D eigenvalue weighted by Gasteiger charge is -2.20. The van der Waals surface area contributed by atoms with Gasteiger partial charge in [-0.25, -0.2) is 0 Å². The summed E-state index contributed by atoms with van der Waals surface area (Å²) in [7, 11) is 3.45. The number of amides is 1. The van der Waals surface area contributed by atoms with Gasteiger partial charge in [-0.15, -0.1) is 0 Å². The average Bonchev–Trinajstić information content (AvgIpc) is 2.78. The molecule has 0 aliphatic carbocycles. The molecule has 0 bridgehead atoms. The van der Waals surface area contributed by atoms with Crippen LogP contribution in [0.25, 0.3) is 0 Å². The fraction of sp³-hybridized carbons (Fsp3) is 0.583. The molecule has 1 aromatic heterocycles. The first kappa shape index (κ1) is 14.3. The highest BCUT2D eigenvalue weighted by molar-refractivity contribution is 9.09. The smallest absolute Gasteiger partial charge is 0.222 e. The molecule has 1 atom stereocenters. The van der Waals surface area contributed by atoms with Crippen molar-refractivity contribution in [2.45, 2.75) is 17.7 Å². The average molecular weight is 304 g/mol. The number of ether oxygens (including phenoxy) is 1. The summed E-state index contributed by atoms with van der Waals surface area (Å²) in [4.78, 5) is 13.7. The number of aryl methyl sites for hydroxylation is 1. The van der Waals surface area contributed by atoms with E-state index in [1.165, 1.54) is 0 Å². The van der Waals surface area contributed by atoms with E-state index in [1.807, 2.05) is 12.1 Å². The Bertz CT molecular complexity index is 327. The summed E-state index contributed by atoms with van der Waals surface area (Å²) in [5, 5.41) is 0. The van der Waals surface area contributed by atoms with Crippen LogP contribution in [-0.2, 0) is 16.0 Å². The Morgan fingerprint density at radius 2 is 2.41 bits per heavy atom. The number of nitrogens with zero attached hydrogens (tertiary/aromatic N) is 1. The van der Waals surface area contributed by atoms with E-state index in [-0.39, 0.29) is 10.7 Å². The van der Waals surface area contributed by atoms with Crippen molar-refractivity contribution in [3.05, 3.63) is 24.2 Å². The second kappa shape index (κ2) is 7.50. The lowest BCUT2D eigenvalue weighted by molar-refractivity contribution is -0.130. The minimum atomic E-state index is 0.113. The number of halogens is 1. The van der Waals surface area contributed by atoms with E-state index in [0.29, 0.717) is 26.0 Å². The van der Waals surface area contributed by atoms with Crippen LogP contribution in [-0.4, -0.2) is 42.9 Å². The molecular weight excluding hydrogens is 286 g/mol. The van der Waals surface area contributed by atoms with E-state index >= 15 is 0 Å². The van der Waals surface area contributed by atoms with Crippen molar-refractivity contribution in [2.75, 3.05) is 27.3 Å². The van der Waals surface area contributed by atoms with Crippen molar-refractivity contribution in [1.29, 1.82) is 0 Å². The van der Waals surface area contributed by atoms with Gasteiger partial charge in [0.05, 0.1) is 17.7 Å². The molecule has 0 fully saturated rings. The number of rotatable bonds is 7. The predicted octanol–water partition coefficient (Wildman–Crippen LogP) is 2.08. The van der Waals surface area contributed by atoms with E-state index in [4.69, 9.17) is 9.15 Å². The van der Waals surface area contributed by atoms with E-state index < -0.39 is 0 Å². The zero-order valence-electron chi connectivity index (χ0n) is 10.2. The van der Waals surface area contributed by atoms with E-state index in [2.05, 4.69) is 15.9 Å². The monoisotopic (exact) mass is 303 g/mol. The minimum Gasteiger partial charge on any atom is -0.469 e. The summed E-state index contributed by atoms with van der Waals surface area (Å²) in [6.07, 6.45) is 2.74. The first-order valence-corrected chi connectivity index (χ1v) is 6.44. The van der Waals surface area contributed by atoms with Gasteiger partial charge in [-0.3, -0.25) is 4.79 Å². The van der Waals surface area contributed by atoms with Crippen molar-refractivity contribution in [3.8, 4) is 0 Å². The van der Waals surface area contributed by atoms with Gasteiger partial charge in [0.2, 0.25) is 5.91 Å². The van der Waals surface area contributed by atoms with Crippen LogP contribution < -0.4 is 0 Å². The number of furan rings is 1. The van der Waals surface area contributed by atoms with Crippen LogP contribution in [0.1, 0.15) is 12.2 Å². The lowest BCUT2D eigenvalue weighted by Crippen LogP contribution is -2.33. The van der Waals surface area contributed by atoms with Crippen LogP contribution in [0.15, 0.2) is 22.8 Å². The fourth-order valence-corrected chi connectivity index (χ4v) is 2.21. The Kier molecular flexibility index (Phi) is 6.29. The van der Waals surface area contributed by atoms with E-state index in [9.17, 15) is 4.79 Å². The van der Waals surface area contributed by atoms with Gasteiger partial charge in [-0.2, -0.15) is 0 Å². The molecule has 0 aliphatic heterocycles. The largest absolute Gasteiger partial charge is 0.469 e. The summed E-state index contributed by atoms with van der Waals surface area (Å²) in [5.74, 6) is 0.959. The van der Waals surface area contributed by atoms with E-state index in [0.717, 1.165) is 5.76 Å². The minimum absolute atomic E-state index is 0.113. The lowest BCUT2D eigenvalue weighted by atomic mass is 10.2. The van der Waals surface area contributed by atoms with Crippen LogP contribution in [0.4, 0.5) is 0 Å². The van der Waals surface area contributed by atoms with Gasteiger partial charge in [0, 0.05) is 33.5 Å². The third-order valence-corrected chi connectivity index (χ3v) is 2.96. The quantitative estimate of drug-likeness (QED) is 0.724. The maximum Gasteiger partial charge on any atom is 0.222 e. The molecule has 1 unspecified atom stereocenters. The molecule has 1 heterocycles. The Balaban J connectivity index is 2.27. The predicted molar refractivity (Wildman–Crippen MR) is 69.3 cm³/mol. The summed E-state index contributed by atoms with van der Waals surface area (Å²) in [5.41, 5.74) is 0. The molecule has 0 aliphatic rings. The molecule has 0 radical (unpaired) electrons. The van der Waals surface area contributed by atoms with Gasteiger partial charge in [0.15, 0.2) is 0 Å². The number of methoxy groups -OCH3 is 1. The molecule has 0 aromatic carbocycles. The second-order valence-corrected chi connectivity index (χ2v) is 5.20. The molecule has 0 saturated carbocycles. The Morgan fingerprint density at radius 3 is 3.00 bits per heavy atom. The number of hydrogen-bond acceptors (Lipinski definition) is 3. The normalized spacial score (nSPS) is 12.4. The highest BCUT2D eigenvalue weighted by atomic mass is 79.9. The molecule has 0 saturated heterocycles. The SMILES string of the molecule is COCC(Br)CN(C)C(=O)CCc1ccco1. The molecular formula is C12H18BrNO3. The van der Waals surface area contributed by atoms with Crippen molar-refractivity contribution < 1.29 is 13.9 Å². The Hall–Kier alpha value is -0.810. The second-order valence-electron chi connectivity index (χ2n) is 3.91. The van der Waals surface area contributed by atoms with Gasteiger partial charge in [0.25, 0.3) is 0 Å². The molecule has 0 N–H and O–H groups in total. The topological polar surface area (TPSA) is 42.7 Å². The highest BCUT2D eigenvalue weighted by Gasteiger charge is 2.13. The van der Waals surface area contributed by atoms with Gasteiger partial charge < -0.3 is 14.1 Å². The van der Waals surface area contributed by atoms with Crippen LogP contribution in [0, 0.1) is 0 Å². The van der Waals surface area contributed by atoms with Gasteiger partial charge in [-0.05, 0) is 12.1 Å². The van der Waals surface area contributed by atoms with E-state index in [1.54, 1.807) is 25.3 Å².